The van der Waals surface area contributed by atoms with Crippen LogP contribution in [0.1, 0.15) is 71.6 Å². The second-order valence-corrected chi connectivity index (χ2v) is 11.0. The van der Waals surface area contributed by atoms with Crippen molar-refractivity contribution in [1.82, 2.24) is 4.90 Å². The van der Waals surface area contributed by atoms with Crippen LogP contribution in [-0.4, -0.2) is 57.3 Å². The van der Waals surface area contributed by atoms with Crippen LogP contribution in [0.3, 0.4) is 0 Å². The van der Waals surface area contributed by atoms with E-state index in [4.69, 9.17) is 0 Å². The number of hydrogen-bond acceptors (Lipinski definition) is 4. The molecule has 3 aliphatic rings. The summed E-state index contributed by atoms with van der Waals surface area (Å²) in [6.45, 7) is 5.96. The van der Waals surface area contributed by atoms with E-state index in [1.165, 1.54) is 5.57 Å². The van der Waals surface area contributed by atoms with Crippen molar-refractivity contribution in [3.63, 3.8) is 0 Å². The van der Waals surface area contributed by atoms with Gasteiger partial charge in [0.2, 0.25) is 5.91 Å². The Balaban J connectivity index is 1.40. The molecular weight excluding hydrogens is 394 g/mol. The number of aliphatic hydroxyl groups is 2. The van der Waals surface area contributed by atoms with E-state index in [1.807, 2.05) is 23.6 Å². The minimum Gasteiger partial charge on any atom is -0.392 e. The van der Waals surface area contributed by atoms with Gasteiger partial charge in [0, 0.05) is 36.9 Å². The van der Waals surface area contributed by atoms with E-state index in [1.54, 1.807) is 0 Å². The molecule has 1 saturated carbocycles. The second-order valence-electron chi connectivity index (χ2n) is 9.86. The molecule has 170 valence electrons. The molecule has 0 aromatic heterocycles. The number of hydrogen-bond donors (Lipinski definition) is 2. The third-order valence-electron chi connectivity index (χ3n) is 7.14. The number of carbonyl (C=O) groups is 1. The Bertz CT molecular complexity index is 624. The van der Waals surface area contributed by atoms with Crippen molar-refractivity contribution in [1.29, 1.82) is 0 Å². The molecule has 0 spiro atoms. The maximum atomic E-state index is 12.2. The molecule has 1 aliphatic heterocycles. The Kier molecular flexibility index (Phi) is 8.91. The van der Waals surface area contributed by atoms with E-state index < -0.39 is 5.60 Å². The molecule has 1 heterocycles. The number of likely N-dealkylation sites (tertiary alicyclic amines) is 1. The molecule has 0 bridgehead atoms. The first-order chi connectivity index (χ1) is 14.4. The summed E-state index contributed by atoms with van der Waals surface area (Å²) in [6, 6.07) is 0. The van der Waals surface area contributed by atoms with Gasteiger partial charge in [-0.05, 0) is 57.3 Å². The Morgan fingerprint density at radius 2 is 2.13 bits per heavy atom. The summed E-state index contributed by atoms with van der Waals surface area (Å²) in [5.41, 5.74) is 0.849. The standard InChI is InChI=1S/C25H41NO3S/c1-3-4-10-25(2,29)11-7-8-21-22-16-19(15-20(22)17-23(21)27)18-30-14-9-24(28)26-12-5-6-13-26/h7-8,15,20-23,27,29H,3-6,9-14,16-18H2,1-2H3/b8-7+/t20-,21+,22-,23+,25-/m0/s1. The minimum atomic E-state index is -0.641. The van der Waals surface area contributed by atoms with E-state index in [2.05, 4.69) is 25.2 Å². The van der Waals surface area contributed by atoms with Gasteiger partial charge in [-0.25, -0.2) is 0 Å². The van der Waals surface area contributed by atoms with E-state index in [-0.39, 0.29) is 12.0 Å². The van der Waals surface area contributed by atoms with Gasteiger partial charge >= 0.3 is 0 Å². The number of fused-ring (bicyclic) bond motifs is 1. The average Bonchev–Trinajstić information content (AvgIpc) is 3.42. The molecule has 0 radical (unpaired) electrons. The zero-order chi connectivity index (χ0) is 21.6. The third kappa shape index (κ3) is 6.61. The van der Waals surface area contributed by atoms with Gasteiger partial charge in [-0.2, -0.15) is 11.8 Å². The van der Waals surface area contributed by atoms with Gasteiger partial charge in [0.05, 0.1) is 11.7 Å². The molecular formula is C25H41NO3S. The number of amides is 1. The van der Waals surface area contributed by atoms with Crippen LogP contribution in [0, 0.1) is 17.8 Å². The average molecular weight is 436 g/mol. The molecule has 5 atom stereocenters. The zero-order valence-electron chi connectivity index (χ0n) is 18.9. The summed E-state index contributed by atoms with van der Waals surface area (Å²) < 4.78 is 0. The number of nitrogens with zero attached hydrogens (tertiary/aromatic N) is 1. The van der Waals surface area contributed by atoms with Gasteiger partial charge in [0.25, 0.3) is 0 Å². The van der Waals surface area contributed by atoms with Crippen LogP contribution in [0.2, 0.25) is 0 Å². The fraction of sp³-hybridized carbons (Fsp3) is 0.800. The van der Waals surface area contributed by atoms with Gasteiger partial charge < -0.3 is 15.1 Å². The van der Waals surface area contributed by atoms with Crippen molar-refractivity contribution in [3.8, 4) is 0 Å². The monoisotopic (exact) mass is 435 g/mol. The fourth-order valence-corrected chi connectivity index (χ4v) is 6.28. The summed E-state index contributed by atoms with van der Waals surface area (Å²) in [5, 5.41) is 21.0. The first kappa shape index (κ1) is 23.9. The van der Waals surface area contributed by atoms with E-state index >= 15 is 0 Å². The topological polar surface area (TPSA) is 60.8 Å². The summed E-state index contributed by atoms with van der Waals surface area (Å²) >= 11 is 1.88. The maximum absolute atomic E-state index is 12.2. The highest BCUT2D eigenvalue weighted by molar-refractivity contribution is 7.99. The summed E-state index contributed by atoms with van der Waals surface area (Å²) in [5.74, 6) is 3.42. The predicted octanol–water partition coefficient (Wildman–Crippen LogP) is 4.56. The highest BCUT2D eigenvalue weighted by atomic mass is 32.2. The molecule has 1 amide bonds. The molecule has 2 aliphatic carbocycles. The lowest BCUT2D eigenvalue weighted by Gasteiger charge is -2.22. The van der Waals surface area contributed by atoms with E-state index in [0.29, 0.717) is 30.6 Å². The smallest absolute Gasteiger partial charge is 0.223 e. The van der Waals surface area contributed by atoms with Gasteiger partial charge in [-0.3, -0.25) is 4.79 Å². The van der Waals surface area contributed by atoms with Crippen LogP contribution in [0.15, 0.2) is 23.8 Å². The molecule has 2 fully saturated rings. The summed E-state index contributed by atoms with van der Waals surface area (Å²) in [6.07, 6.45) is 14.9. The highest BCUT2D eigenvalue weighted by Crippen LogP contribution is 2.47. The molecule has 4 nitrogen and oxygen atoms in total. The minimum absolute atomic E-state index is 0.201. The van der Waals surface area contributed by atoms with Crippen molar-refractivity contribution in [2.75, 3.05) is 24.6 Å². The van der Waals surface area contributed by atoms with Crippen molar-refractivity contribution in [3.05, 3.63) is 23.8 Å². The largest absolute Gasteiger partial charge is 0.392 e. The lowest BCUT2D eigenvalue weighted by atomic mass is 9.88. The van der Waals surface area contributed by atoms with E-state index in [9.17, 15) is 15.0 Å². The summed E-state index contributed by atoms with van der Waals surface area (Å²) in [4.78, 5) is 14.2. The lowest BCUT2D eigenvalue weighted by molar-refractivity contribution is -0.129. The van der Waals surface area contributed by atoms with Gasteiger partial charge in [0.15, 0.2) is 0 Å². The first-order valence-corrected chi connectivity index (χ1v) is 13.2. The predicted molar refractivity (Wildman–Crippen MR) is 125 cm³/mol. The second kappa shape index (κ2) is 11.2. The third-order valence-corrected chi connectivity index (χ3v) is 8.21. The van der Waals surface area contributed by atoms with E-state index in [0.717, 1.165) is 69.5 Å². The van der Waals surface area contributed by atoms with Crippen molar-refractivity contribution < 1.29 is 15.0 Å². The van der Waals surface area contributed by atoms with Crippen LogP contribution in [-0.2, 0) is 4.79 Å². The number of allylic oxidation sites excluding steroid dienone is 1. The Morgan fingerprint density at radius 1 is 1.37 bits per heavy atom. The van der Waals surface area contributed by atoms with Crippen LogP contribution in [0.5, 0.6) is 0 Å². The molecule has 3 rings (SSSR count). The quantitative estimate of drug-likeness (QED) is 0.369. The Hall–Kier alpha value is -0.780. The van der Waals surface area contributed by atoms with Gasteiger partial charge in [-0.15, -0.1) is 0 Å². The Morgan fingerprint density at radius 3 is 2.87 bits per heavy atom. The molecule has 0 unspecified atom stereocenters. The van der Waals surface area contributed by atoms with Crippen molar-refractivity contribution in [2.45, 2.75) is 83.3 Å². The number of aliphatic hydroxyl groups excluding tert-OH is 1. The highest BCUT2D eigenvalue weighted by Gasteiger charge is 2.43. The summed E-state index contributed by atoms with van der Waals surface area (Å²) in [7, 11) is 0. The van der Waals surface area contributed by atoms with Crippen molar-refractivity contribution in [2.24, 2.45) is 17.8 Å². The molecule has 1 saturated heterocycles. The number of rotatable bonds is 11. The molecule has 5 heteroatoms. The fourth-order valence-electron chi connectivity index (χ4n) is 5.34. The zero-order valence-corrected chi connectivity index (χ0v) is 19.7. The molecule has 30 heavy (non-hydrogen) atoms. The SMILES string of the molecule is CCCC[C@](C)(O)C/C=C/[C@@H]1[C@H]2CC(CSCCC(=O)N3CCCC3)=C[C@H]2C[C@H]1O. The number of thioether (sulfide) groups is 1. The van der Waals surface area contributed by atoms with Crippen LogP contribution in [0.4, 0.5) is 0 Å². The normalized spacial score (nSPS) is 30.7. The van der Waals surface area contributed by atoms with Crippen LogP contribution in [0.25, 0.3) is 0 Å². The van der Waals surface area contributed by atoms with Crippen molar-refractivity contribution >= 4 is 17.7 Å². The lowest BCUT2D eigenvalue weighted by Crippen LogP contribution is -2.27. The van der Waals surface area contributed by atoms with Gasteiger partial charge in [0.1, 0.15) is 0 Å². The first-order valence-electron chi connectivity index (χ1n) is 12.0. The van der Waals surface area contributed by atoms with Gasteiger partial charge in [-0.1, -0.05) is 43.6 Å². The molecule has 0 aromatic rings. The maximum Gasteiger partial charge on any atom is 0.223 e. The van der Waals surface area contributed by atoms with Crippen LogP contribution >= 0.6 is 11.8 Å². The number of unbranched alkanes of at least 4 members (excludes halogenated alkanes) is 1. The molecule has 2 N–H and O–H groups in total. The van der Waals surface area contributed by atoms with Crippen LogP contribution < -0.4 is 0 Å². The molecule has 0 aromatic carbocycles. The number of carbonyl (C=O) groups excluding carboxylic acids is 1. The Labute approximate surface area is 187 Å².